The van der Waals surface area contributed by atoms with Crippen LogP contribution in [0.25, 0.3) is 0 Å². The van der Waals surface area contributed by atoms with Crippen LogP contribution in [0.15, 0.2) is 42.5 Å². The average Bonchev–Trinajstić information content (AvgIpc) is 2.54. The Morgan fingerprint density at radius 1 is 1.19 bits per heavy atom. The Labute approximate surface area is 123 Å². The van der Waals surface area contributed by atoms with Crippen molar-refractivity contribution in [2.45, 2.75) is 13.2 Å². The zero-order valence-electron chi connectivity index (χ0n) is 12.1. The molecular formula is C16H18N2O3. The molecule has 0 atom stereocenters. The molecule has 0 radical (unpaired) electrons. The van der Waals surface area contributed by atoms with Crippen molar-refractivity contribution in [1.29, 1.82) is 0 Å². The molecule has 0 spiro atoms. The third-order valence-corrected chi connectivity index (χ3v) is 2.92. The van der Waals surface area contributed by atoms with E-state index in [4.69, 9.17) is 4.74 Å². The third kappa shape index (κ3) is 4.03. The molecule has 0 aliphatic rings. The largest absolute Gasteiger partial charge is 0.487 e. The summed E-state index contributed by atoms with van der Waals surface area (Å²) in [5, 5.41) is 3.10. The van der Waals surface area contributed by atoms with Crippen LogP contribution in [-0.2, 0) is 17.9 Å². The molecule has 0 bridgehead atoms. The second-order valence-corrected chi connectivity index (χ2v) is 4.43. The van der Waals surface area contributed by atoms with Crippen LogP contribution in [0.3, 0.4) is 0 Å². The van der Waals surface area contributed by atoms with Gasteiger partial charge in [-0.15, -0.1) is 0 Å². The number of carbonyl (C=O) groups is 1. The zero-order valence-corrected chi connectivity index (χ0v) is 12.1. The van der Waals surface area contributed by atoms with E-state index >= 15 is 0 Å². The van der Waals surface area contributed by atoms with Gasteiger partial charge in [-0.1, -0.05) is 24.3 Å². The molecule has 2 rings (SSSR count). The average molecular weight is 286 g/mol. The molecule has 110 valence electrons. The molecule has 0 saturated heterocycles. The van der Waals surface area contributed by atoms with Crippen molar-refractivity contribution in [1.82, 2.24) is 10.3 Å². The zero-order chi connectivity index (χ0) is 15.1. The predicted octanol–water partition coefficient (Wildman–Crippen LogP) is 2.17. The van der Waals surface area contributed by atoms with E-state index in [0.717, 1.165) is 17.9 Å². The van der Waals surface area contributed by atoms with Gasteiger partial charge in [0.2, 0.25) is 0 Å². The van der Waals surface area contributed by atoms with E-state index in [0.29, 0.717) is 12.3 Å². The van der Waals surface area contributed by atoms with Crippen LogP contribution in [0.2, 0.25) is 0 Å². The lowest BCUT2D eigenvalue weighted by Gasteiger charge is -2.11. The van der Waals surface area contributed by atoms with Gasteiger partial charge >= 0.3 is 5.97 Å². The number of para-hydroxylation sites is 1. The number of ether oxygens (including phenoxy) is 2. The quantitative estimate of drug-likeness (QED) is 0.825. The highest BCUT2D eigenvalue weighted by molar-refractivity contribution is 5.87. The van der Waals surface area contributed by atoms with Gasteiger partial charge in [0.05, 0.1) is 12.8 Å². The molecule has 0 aliphatic heterocycles. The number of hydrogen-bond acceptors (Lipinski definition) is 5. The number of nitrogens with one attached hydrogen (secondary N) is 1. The Bertz CT molecular complexity index is 614. The lowest BCUT2D eigenvalue weighted by Crippen LogP contribution is -2.09. The Balaban J connectivity index is 2.08. The molecule has 0 unspecified atom stereocenters. The van der Waals surface area contributed by atoms with Gasteiger partial charge in [0, 0.05) is 12.1 Å². The molecule has 1 N–H and O–H groups in total. The maximum absolute atomic E-state index is 11.4. The fraction of sp³-hybridized carbons (Fsp3) is 0.250. The van der Waals surface area contributed by atoms with Crippen LogP contribution in [0.4, 0.5) is 0 Å². The maximum atomic E-state index is 11.4. The number of benzene rings is 1. The standard InChI is InChI=1S/C16H18N2O3/c1-17-10-12-6-3-4-9-15(12)21-11-13-7-5-8-14(18-13)16(19)20-2/h3-9,17H,10-11H2,1-2H3. The van der Waals surface area contributed by atoms with E-state index in [1.165, 1.54) is 7.11 Å². The van der Waals surface area contributed by atoms with Gasteiger partial charge in [-0.05, 0) is 25.2 Å². The van der Waals surface area contributed by atoms with Gasteiger partial charge in [0.1, 0.15) is 18.1 Å². The maximum Gasteiger partial charge on any atom is 0.356 e. The number of pyridine rings is 1. The van der Waals surface area contributed by atoms with Crippen molar-refractivity contribution in [2.24, 2.45) is 0 Å². The Hall–Kier alpha value is -2.40. The molecule has 21 heavy (non-hydrogen) atoms. The molecular weight excluding hydrogens is 268 g/mol. The van der Waals surface area contributed by atoms with Crippen LogP contribution in [0.5, 0.6) is 5.75 Å². The molecule has 0 fully saturated rings. The van der Waals surface area contributed by atoms with E-state index in [9.17, 15) is 4.79 Å². The van der Waals surface area contributed by atoms with Gasteiger partial charge in [0.15, 0.2) is 0 Å². The van der Waals surface area contributed by atoms with E-state index in [-0.39, 0.29) is 5.69 Å². The minimum Gasteiger partial charge on any atom is -0.487 e. The summed E-state index contributed by atoms with van der Waals surface area (Å²) in [4.78, 5) is 15.7. The topological polar surface area (TPSA) is 60.5 Å². The smallest absolute Gasteiger partial charge is 0.356 e. The molecule has 5 heteroatoms. The first-order chi connectivity index (χ1) is 10.2. The van der Waals surface area contributed by atoms with Gasteiger partial charge in [0.25, 0.3) is 0 Å². The Morgan fingerprint density at radius 2 is 2.00 bits per heavy atom. The first kappa shape index (κ1) is 15.0. The number of esters is 1. The molecule has 1 aromatic carbocycles. The minimum atomic E-state index is -0.451. The van der Waals surface area contributed by atoms with E-state index in [1.807, 2.05) is 37.4 Å². The Kier molecular flexibility index (Phi) is 5.29. The lowest BCUT2D eigenvalue weighted by molar-refractivity contribution is 0.0593. The second-order valence-electron chi connectivity index (χ2n) is 4.43. The molecule has 5 nitrogen and oxygen atoms in total. The van der Waals surface area contributed by atoms with Crippen LogP contribution in [0, 0.1) is 0 Å². The highest BCUT2D eigenvalue weighted by Gasteiger charge is 2.08. The number of carbonyl (C=O) groups excluding carboxylic acids is 1. The number of methoxy groups -OCH3 is 1. The summed E-state index contributed by atoms with van der Waals surface area (Å²) in [7, 11) is 3.22. The van der Waals surface area contributed by atoms with Gasteiger partial charge in [-0.3, -0.25) is 0 Å². The third-order valence-electron chi connectivity index (χ3n) is 2.92. The van der Waals surface area contributed by atoms with Crippen molar-refractivity contribution in [3.8, 4) is 5.75 Å². The molecule has 2 aromatic rings. The molecule has 0 amide bonds. The van der Waals surface area contributed by atoms with Crippen molar-refractivity contribution < 1.29 is 14.3 Å². The van der Waals surface area contributed by atoms with E-state index in [2.05, 4.69) is 15.0 Å². The molecule has 1 aromatic heterocycles. The van der Waals surface area contributed by atoms with Crippen molar-refractivity contribution in [2.75, 3.05) is 14.2 Å². The highest BCUT2D eigenvalue weighted by Crippen LogP contribution is 2.18. The van der Waals surface area contributed by atoms with E-state index in [1.54, 1.807) is 12.1 Å². The van der Waals surface area contributed by atoms with Crippen molar-refractivity contribution >= 4 is 5.97 Å². The van der Waals surface area contributed by atoms with E-state index < -0.39 is 5.97 Å². The van der Waals surface area contributed by atoms with Crippen LogP contribution in [0.1, 0.15) is 21.7 Å². The van der Waals surface area contributed by atoms with Gasteiger partial charge < -0.3 is 14.8 Å². The second kappa shape index (κ2) is 7.40. The Morgan fingerprint density at radius 3 is 2.76 bits per heavy atom. The van der Waals surface area contributed by atoms with Crippen LogP contribution >= 0.6 is 0 Å². The van der Waals surface area contributed by atoms with Crippen LogP contribution < -0.4 is 10.1 Å². The van der Waals surface area contributed by atoms with Crippen LogP contribution in [-0.4, -0.2) is 25.1 Å². The highest BCUT2D eigenvalue weighted by atomic mass is 16.5. The molecule has 0 aliphatic carbocycles. The summed E-state index contributed by atoms with van der Waals surface area (Å²) in [5.41, 5.74) is 2.03. The predicted molar refractivity (Wildman–Crippen MR) is 79.1 cm³/mol. The summed E-state index contributed by atoms with van der Waals surface area (Å²) in [5.74, 6) is 0.351. The SMILES string of the molecule is CNCc1ccccc1OCc1cccc(C(=O)OC)n1. The summed E-state index contributed by atoms with van der Waals surface area (Å²) < 4.78 is 10.4. The first-order valence-electron chi connectivity index (χ1n) is 6.64. The lowest BCUT2D eigenvalue weighted by atomic mass is 10.2. The summed E-state index contributed by atoms with van der Waals surface area (Å²) >= 11 is 0. The number of nitrogens with zero attached hydrogens (tertiary/aromatic N) is 1. The summed E-state index contributed by atoms with van der Waals surface area (Å²) in [6, 6.07) is 13.0. The fourth-order valence-electron chi connectivity index (χ4n) is 1.91. The van der Waals surface area contributed by atoms with Gasteiger partial charge in [-0.25, -0.2) is 9.78 Å². The number of aromatic nitrogens is 1. The number of hydrogen-bond donors (Lipinski definition) is 1. The van der Waals surface area contributed by atoms with Crippen molar-refractivity contribution in [3.63, 3.8) is 0 Å². The monoisotopic (exact) mass is 286 g/mol. The molecule has 1 heterocycles. The first-order valence-corrected chi connectivity index (χ1v) is 6.64. The van der Waals surface area contributed by atoms with Gasteiger partial charge in [-0.2, -0.15) is 0 Å². The number of rotatable bonds is 6. The fourth-order valence-corrected chi connectivity index (χ4v) is 1.91. The van der Waals surface area contributed by atoms with Crippen molar-refractivity contribution in [3.05, 3.63) is 59.4 Å². The summed E-state index contributed by atoms with van der Waals surface area (Å²) in [6.45, 7) is 1.03. The summed E-state index contributed by atoms with van der Waals surface area (Å²) in [6.07, 6.45) is 0. The normalized spacial score (nSPS) is 10.2. The minimum absolute atomic E-state index is 0.280. The molecule has 0 saturated carbocycles.